The Bertz CT molecular complexity index is 560. The molecule has 1 saturated heterocycles. The molecule has 21 heavy (non-hydrogen) atoms. The summed E-state index contributed by atoms with van der Waals surface area (Å²) in [5, 5.41) is 5.74. The van der Waals surface area contributed by atoms with Gasteiger partial charge >= 0.3 is 0 Å². The molecule has 0 aliphatic carbocycles. The normalized spacial score (nSPS) is 19.1. The largest absolute Gasteiger partial charge is 0.350 e. The van der Waals surface area contributed by atoms with E-state index in [4.69, 9.17) is 0 Å². The Kier molecular flexibility index (Phi) is 5.00. The van der Waals surface area contributed by atoms with Gasteiger partial charge in [0.25, 0.3) is 0 Å². The van der Waals surface area contributed by atoms with Crippen molar-refractivity contribution in [2.45, 2.75) is 39.4 Å². The van der Waals surface area contributed by atoms with Gasteiger partial charge in [0.2, 0.25) is 11.8 Å². The average molecular weight is 354 g/mol. The molecule has 1 aromatic rings. The molecular weight excluding hydrogens is 334 g/mol. The third kappa shape index (κ3) is 3.83. The zero-order chi connectivity index (χ0) is 15.6. The summed E-state index contributed by atoms with van der Waals surface area (Å²) in [4.78, 5) is 25.3. The zero-order valence-corrected chi connectivity index (χ0v) is 14.0. The fourth-order valence-corrected chi connectivity index (χ4v) is 2.71. The van der Waals surface area contributed by atoms with E-state index in [2.05, 4.69) is 40.4 Å². The van der Waals surface area contributed by atoms with Gasteiger partial charge in [-0.1, -0.05) is 29.8 Å². The van der Waals surface area contributed by atoms with Crippen molar-refractivity contribution in [2.24, 2.45) is 0 Å². The van der Waals surface area contributed by atoms with Crippen molar-refractivity contribution < 1.29 is 9.59 Å². The maximum absolute atomic E-state index is 11.8. The number of benzene rings is 1. The Hall–Kier alpha value is -1.40. The molecule has 1 aromatic carbocycles. The summed E-state index contributed by atoms with van der Waals surface area (Å²) in [6.07, 6.45) is 0. The molecule has 2 N–H and O–H groups in total. The van der Waals surface area contributed by atoms with Crippen LogP contribution in [-0.2, 0) is 16.1 Å². The highest BCUT2D eigenvalue weighted by molar-refractivity contribution is 9.10. The second kappa shape index (κ2) is 6.58. The number of amides is 2. The first-order valence-corrected chi connectivity index (χ1v) is 7.80. The fraction of sp³-hybridized carbons (Fsp3) is 0.467. The lowest BCUT2D eigenvalue weighted by molar-refractivity contribution is -0.132. The minimum atomic E-state index is -0.360. The van der Waals surface area contributed by atoms with Gasteiger partial charge in [0.1, 0.15) is 6.04 Å². The summed E-state index contributed by atoms with van der Waals surface area (Å²) >= 11 is 3.47. The van der Waals surface area contributed by atoms with Gasteiger partial charge in [-0.2, -0.15) is 0 Å². The number of carbonyl (C=O) groups is 2. The molecule has 114 valence electrons. The maximum atomic E-state index is 11.8. The van der Waals surface area contributed by atoms with Crippen molar-refractivity contribution in [3.63, 3.8) is 0 Å². The van der Waals surface area contributed by atoms with Crippen LogP contribution in [0, 0.1) is 0 Å². The number of halogens is 1. The van der Waals surface area contributed by atoms with E-state index >= 15 is 0 Å². The van der Waals surface area contributed by atoms with Gasteiger partial charge in [-0.15, -0.1) is 0 Å². The Morgan fingerprint density at radius 3 is 2.81 bits per heavy atom. The van der Waals surface area contributed by atoms with E-state index in [0.29, 0.717) is 12.6 Å². The summed E-state index contributed by atoms with van der Waals surface area (Å²) in [6.45, 7) is 6.86. The molecule has 5 nitrogen and oxygen atoms in total. The lowest BCUT2D eigenvalue weighted by atomic mass is 10.1. The van der Waals surface area contributed by atoms with E-state index < -0.39 is 0 Å². The average Bonchev–Trinajstić information content (AvgIpc) is 2.41. The first-order valence-electron chi connectivity index (χ1n) is 7.00. The van der Waals surface area contributed by atoms with Crippen molar-refractivity contribution in [3.8, 4) is 0 Å². The standard InChI is InChI=1S/C15H20BrN3O2/c1-9(2)17-7-11-6-12(16)4-5-13(11)19-8-14(20)18-15(21)10(19)3/h4-6,9-10,17H,7-8H2,1-3H3,(H,18,20,21). The number of hydrogen-bond donors (Lipinski definition) is 2. The van der Waals surface area contributed by atoms with E-state index in [0.717, 1.165) is 15.7 Å². The molecule has 6 heteroatoms. The Morgan fingerprint density at radius 1 is 1.43 bits per heavy atom. The molecule has 2 amide bonds. The molecule has 1 atom stereocenters. The quantitative estimate of drug-likeness (QED) is 0.810. The van der Waals surface area contributed by atoms with E-state index in [1.165, 1.54) is 0 Å². The molecule has 0 radical (unpaired) electrons. The van der Waals surface area contributed by atoms with Crippen molar-refractivity contribution in [1.82, 2.24) is 10.6 Å². The van der Waals surface area contributed by atoms with Crippen LogP contribution in [-0.4, -0.2) is 30.4 Å². The molecule has 0 spiro atoms. The van der Waals surface area contributed by atoms with Crippen LogP contribution in [0.2, 0.25) is 0 Å². The molecular formula is C15H20BrN3O2. The summed E-state index contributed by atoms with van der Waals surface area (Å²) in [7, 11) is 0. The third-order valence-electron chi connectivity index (χ3n) is 3.48. The molecule has 1 fully saturated rings. The van der Waals surface area contributed by atoms with Crippen molar-refractivity contribution in [1.29, 1.82) is 0 Å². The van der Waals surface area contributed by atoms with E-state index in [1.54, 1.807) is 0 Å². The number of hydrogen-bond acceptors (Lipinski definition) is 4. The van der Waals surface area contributed by atoms with Crippen molar-refractivity contribution in [2.75, 3.05) is 11.4 Å². The highest BCUT2D eigenvalue weighted by Gasteiger charge is 2.31. The van der Waals surface area contributed by atoms with Crippen LogP contribution in [0.5, 0.6) is 0 Å². The Morgan fingerprint density at radius 2 is 2.14 bits per heavy atom. The number of piperazine rings is 1. The SMILES string of the molecule is CC(C)NCc1cc(Br)ccc1N1CC(=O)NC(=O)C1C. The van der Waals surface area contributed by atoms with Crippen LogP contribution in [0.4, 0.5) is 5.69 Å². The number of imide groups is 1. The molecule has 2 rings (SSSR count). The van der Waals surface area contributed by atoms with Gasteiger partial charge in [-0.25, -0.2) is 0 Å². The van der Waals surface area contributed by atoms with E-state index in [1.807, 2.05) is 30.0 Å². The molecule has 1 aliphatic rings. The molecule has 0 bridgehead atoms. The first-order chi connectivity index (χ1) is 9.88. The van der Waals surface area contributed by atoms with Gasteiger partial charge < -0.3 is 10.2 Å². The van der Waals surface area contributed by atoms with Gasteiger partial charge in [0, 0.05) is 22.7 Å². The number of nitrogens with zero attached hydrogens (tertiary/aromatic N) is 1. The zero-order valence-electron chi connectivity index (χ0n) is 12.4. The molecule has 1 unspecified atom stereocenters. The second-order valence-corrected chi connectivity index (χ2v) is 6.44. The van der Waals surface area contributed by atoms with Crippen molar-refractivity contribution in [3.05, 3.63) is 28.2 Å². The minimum absolute atomic E-state index is 0.198. The predicted octanol–water partition coefficient (Wildman–Crippen LogP) is 1.80. The number of rotatable bonds is 4. The monoisotopic (exact) mass is 353 g/mol. The van der Waals surface area contributed by atoms with Crippen molar-refractivity contribution >= 4 is 33.4 Å². The Labute approximate surface area is 133 Å². The molecule has 0 aromatic heterocycles. The van der Waals surface area contributed by atoms with Crippen LogP contribution in [0.3, 0.4) is 0 Å². The lowest BCUT2D eigenvalue weighted by Gasteiger charge is -2.35. The molecule has 0 saturated carbocycles. The number of carbonyl (C=O) groups excluding carboxylic acids is 2. The molecule has 1 heterocycles. The third-order valence-corrected chi connectivity index (χ3v) is 3.97. The number of anilines is 1. The van der Waals surface area contributed by atoms with Gasteiger partial charge in [0.05, 0.1) is 6.54 Å². The van der Waals surface area contributed by atoms with E-state index in [-0.39, 0.29) is 24.4 Å². The van der Waals surface area contributed by atoms with Crippen LogP contribution in [0.1, 0.15) is 26.3 Å². The van der Waals surface area contributed by atoms with Gasteiger partial charge in [0.15, 0.2) is 0 Å². The topological polar surface area (TPSA) is 61.4 Å². The summed E-state index contributed by atoms with van der Waals surface area (Å²) in [6, 6.07) is 5.90. The van der Waals surface area contributed by atoms with Crippen LogP contribution in [0.15, 0.2) is 22.7 Å². The lowest BCUT2D eigenvalue weighted by Crippen LogP contribution is -2.57. The van der Waals surface area contributed by atoms with E-state index in [9.17, 15) is 9.59 Å². The van der Waals surface area contributed by atoms with Crippen LogP contribution in [0.25, 0.3) is 0 Å². The highest BCUT2D eigenvalue weighted by atomic mass is 79.9. The van der Waals surface area contributed by atoms with Gasteiger partial charge in [-0.3, -0.25) is 14.9 Å². The predicted molar refractivity (Wildman–Crippen MR) is 86.1 cm³/mol. The molecule has 1 aliphatic heterocycles. The highest BCUT2D eigenvalue weighted by Crippen LogP contribution is 2.27. The van der Waals surface area contributed by atoms with Gasteiger partial charge in [-0.05, 0) is 30.7 Å². The maximum Gasteiger partial charge on any atom is 0.249 e. The first kappa shape index (κ1) is 16.0. The summed E-state index contributed by atoms with van der Waals surface area (Å²) in [5.74, 6) is -0.513. The fourth-order valence-electron chi connectivity index (χ4n) is 2.30. The number of nitrogens with one attached hydrogen (secondary N) is 2. The second-order valence-electron chi connectivity index (χ2n) is 5.52. The smallest absolute Gasteiger partial charge is 0.249 e. The summed E-state index contributed by atoms with van der Waals surface area (Å²) in [5.41, 5.74) is 1.98. The minimum Gasteiger partial charge on any atom is -0.350 e. The summed E-state index contributed by atoms with van der Waals surface area (Å²) < 4.78 is 0.979. The van der Waals surface area contributed by atoms with Crippen LogP contribution < -0.4 is 15.5 Å². The Balaban J connectivity index is 2.33. The van der Waals surface area contributed by atoms with Crippen LogP contribution >= 0.6 is 15.9 Å².